The number of hydrogen-bond acceptors (Lipinski definition) is 7. The molecule has 0 radical (unpaired) electrons. The van der Waals surface area contributed by atoms with Crippen molar-refractivity contribution in [2.75, 3.05) is 23.3 Å². The number of amides is 1. The average Bonchev–Trinajstić information content (AvgIpc) is 3.35. The van der Waals surface area contributed by atoms with E-state index in [1.807, 2.05) is 12.1 Å². The molecule has 33 heavy (non-hydrogen) atoms. The van der Waals surface area contributed by atoms with Gasteiger partial charge in [-0.25, -0.2) is 13.1 Å². The highest BCUT2D eigenvalue weighted by Gasteiger charge is 2.25. The summed E-state index contributed by atoms with van der Waals surface area (Å²) in [6.45, 7) is 3.16. The molecule has 1 atom stereocenters. The summed E-state index contributed by atoms with van der Waals surface area (Å²) in [5, 5.41) is 10.6. The van der Waals surface area contributed by atoms with Crippen LogP contribution in [0.2, 0.25) is 10.0 Å². The number of nitrogens with zero attached hydrogens (tertiary/aromatic N) is 3. The Balaban J connectivity index is 1.32. The lowest BCUT2D eigenvalue weighted by Crippen LogP contribution is -2.33. The third-order valence-corrected chi connectivity index (χ3v) is 8.46. The first-order valence-electron chi connectivity index (χ1n) is 10.2. The fraction of sp³-hybridized carbons (Fsp3) is 0.286. The molecular formula is C21H21Cl2N5O3S2. The maximum atomic E-state index is 12.6. The predicted molar refractivity (Wildman–Crippen MR) is 131 cm³/mol. The van der Waals surface area contributed by atoms with Crippen molar-refractivity contribution >= 4 is 61.3 Å². The zero-order valence-electron chi connectivity index (χ0n) is 17.6. The summed E-state index contributed by atoms with van der Waals surface area (Å²) in [5.74, 6) is -0.537. The van der Waals surface area contributed by atoms with E-state index >= 15 is 0 Å². The van der Waals surface area contributed by atoms with E-state index in [0.29, 0.717) is 17.5 Å². The minimum atomic E-state index is -3.84. The van der Waals surface area contributed by atoms with E-state index in [0.717, 1.165) is 24.3 Å². The molecule has 0 bridgehead atoms. The Bertz CT molecular complexity index is 1280. The molecule has 4 rings (SSSR count). The monoisotopic (exact) mass is 525 g/mol. The molecule has 0 unspecified atom stereocenters. The van der Waals surface area contributed by atoms with Gasteiger partial charge in [0, 0.05) is 29.8 Å². The number of fused-ring (bicyclic) bond motifs is 1. The number of anilines is 2. The molecule has 174 valence electrons. The van der Waals surface area contributed by atoms with Crippen LogP contribution >= 0.6 is 34.5 Å². The van der Waals surface area contributed by atoms with Gasteiger partial charge in [0.05, 0.1) is 10.6 Å². The van der Waals surface area contributed by atoms with Gasteiger partial charge in [0.2, 0.25) is 9.47 Å². The van der Waals surface area contributed by atoms with E-state index in [9.17, 15) is 13.2 Å². The zero-order valence-corrected chi connectivity index (χ0v) is 20.7. The highest BCUT2D eigenvalue weighted by Crippen LogP contribution is 2.31. The van der Waals surface area contributed by atoms with Crippen LogP contribution in [0.1, 0.15) is 29.3 Å². The minimum absolute atomic E-state index is 0.0499. The second-order valence-corrected chi connectivity index (χ2v) is 11.3. The molecule has 0 saturated heterocycles. The van der Waals surface area contributed by atoms with Crippen molar-refractivity contribution in [1.82, 2.24) is 14.9 Å². The van der Waals surface area contributed by atoms with E-state index in [-0.39, 0.29) is 26.6 Å². The molecular weight excluding hydrogens is 505 g/mol. The van der Waals surface area contributed by atoms with Gasteiger partial charge in [0.25, 0.3) is 15.9 Å². The molecule has 2 heterocycles. The number of nitrogens with one attached hydrogen (secondary N) is 2. The third kappa shape index (κ3) is 5.47. The van der Waals surface area contributed by atoms with Gasteiger partial charge in [-0.1, -0.05) is 52.7 Å². The topological polar surface area (TPSA) is 104 Å². The fourth-order valence-corrected chi connectivity index (χ4v) is 6.20. The second-order valence-electron chi connectivity index (χ2n) is 7.58. The number of rotatable bonds is 8. The summed E-state index contributed by atoms with van der Waals surface area (Å²) in [5.41, 5.74) is 2.71. The largest absolute Gasteiger partial charge is 0.368 e. The number of aromatic nitrogens is 2. The lowest BCUT2D eigenvalue weighted by atomic mass is 10.1. The van der Waals surface area contributed by atoms with Crippen molar-refractivity contribution in [2.24, 2.45) is 0 Å². The van der Waals surface area contributed by atoms with Crippen LogP contribution in [0.4, 0.5) is 10.8 Å². The molecule has 3 aromatic rings. The maximum Gasteiger partial charge on any atom is 0.269 e. The smallest absolute Gasteiger partial charge is 0.269 e. The minimum Gasteiger partial charge on any atom is -0.368 e. The van der Waals surface area contributed by atoms with Crippen LogP contribution in [0, 0.1) is 0 Å². The van der Waals surface area contributed by atoms with Gasteiger partial charge >= 0.3 is 0 Å². The van der Waals surface area contributed by atoms with Crippen molar-refractivity contribution < 1.29 is 13.2 Å². The summed E-state index contributed by atoms with van der Waals surface area (Å²) < 4.78 is 27.5. The van der Waals surface area contributed by atoms with Gasteiger partial charge in [0.15, 0.2) is 0 Å². The van der Waals surface area contributed by atoms with Crippen LogP contribution in [0.15, 0.2) is 46.8 Å². The van der Waals surface area contributed by atoms with Gasteiger partial charge in [-0.3, -0.25) is 10.1 Å². The van der Waals surface area contributed by atoms with Crippen LogP contribution in [0.3, 0.4) is 0 Å². The van der Waals surface area contributed by atoms with Crippen LogP contribution in [0.5, 0.6) is 0 Å². The van der Waals surface area contributed by atoms with Crippen LogP contribution in [0.25, 0.3) is 0 Å². The molecule has 1 amide bonds. The predicted octanol–water partition coefficient (Wildman–Crippen LogP) is 4.22. The zero-order chi connectivity index (χ0) is 23.6. The molecule has 2 aromatic carbocycles. The molecule has 0 fully saturated rings. The standard InChI is InChI=1S/C21H21Cl2N5O3S2/c1-13-11-14-5-2-3-6-18(14)28(13)10-4-9-24-33(30,31)21-27-26-20(32-21)25-19(29)16-8-7-15(22)12-17(16)23/h2-3,5-8,12-13,24H,4,9-11H2,1H3,(H,25,26,29)/t13-/m0/s1. The Kier molecular flexibility index (Phi) is 7.20. The highest BCUT2D eigenvalue weighted by atomic mass is 35.5. The molecule has 8 nitrogen and oxygen atoms in total. The highest BCUT2D eigenvalue weighted by molar-refractivity contribution is 7.91. The summed E-state index contributed by atoms with van der Waals surface area (Å²) in [4.78, 5) is 14.7. The molecule has 1 aromatic heterocycles. The summed E-state index contributed by atoms with van der Waals surface area (Å²) in [7, 11) is -3.84. The third-order valence-electron chi connectivity index (χ3n) is 5.25. The average molecular weight is 526 g/mol. The summed E-state index contributed by atoms with van der Waals surface area (Å²) in [6, 6.07) is 13.1. The van der Waals surface area contributed by atoms with Crippen LogP contribution in [-0.4, -0.2) is 43.7 Å². The number of carbonyl (C=O) groups excluding carboxylic acids is 1. The molecule has 0 spiro atoms. The van der Waals surface area contributed by atoms with E-state index in [1.165, 1.54) is 29.4 Å². The SMILES string of the molecule is C[C@H]1Cc2ccccc2N1CCCNS(=O)(=O)c1nnc(NC(=O)c2ccc(Cl)cc2Cl)s1. The molecule has 0 saturated carbocycles. The van der Waals surface area contributed by atoms with E-state index < -0.39 is 15.9 Å². The molecule has 0 aliphatic carbocycles. The van der Waals surface area contributed by atoms with Crippen LogP contribution in [-0.2, 0) is 16.4 Å². The van der Waals surface area contributed by atoms with Gasteiger partial charge in [0.1, 0.15) is 0 Å². The van der Waals surface area contributed by atoms with Crippen molar-refractivity contribution in [3.8, 4) is 0 Å². The Morgan fingerprint density at radius 1 is 1.21 bits per heavy atom. The molecule has 1 aliphatic rings. The fourth-order valence-electron chi connectivity index (χ4n) is 3.69. The number of para-hydroxylation sites is 1. The number of carbonyl (C=O) groups is 1. The summed E-state index contributed by atoms with van der Waals surface area (Å²) >= 11 is 12.6. The van der Waals surface area contributed by atoms with Crippen LogP contribution < -0.4 is 14.9 Å². The number of sulfonamides is 1. The first-order chi connectivity index (χ1) is 15.7. The van der Waals surface area contributed by atoms with E-state index in [4.69, 9.17) is 23.2 Å². The van der Waals surface area contributed by atoms with E-state index in [2.05, 4.69) is 44.2 Å². The Hall–Kier alpha value is -2.24. The van der Waals surface area contributed by atoms with Gasteiger partial charge in [-0.2, -0.15) is 0 Å². The number of benzene rings is 2. The maximum absolute atomic E-state index is 12.6. The van der Waals surface area contributed by atoms with Crippen molar-refractivity contribution in [2.45, 2.75) is 30.1 Å². The summed E-state index contributed by atoms with van der Waals surface area (Å²) in [6.07, 6.45) is 1.62. The molecule has 12 heteroatoms. The number of halogens is 2. The lowest BCUT2D eigenvalue weighted by Gasteiger charge is -2.24. The van der Waals surface area contributed by atoms with E-state index in [1.54, 1.807) is 0 Å². The molecule has 2 N–H and O–H groups in total. The first-order valence-corrected chi connectivity index (χ1v) is 13.2. The second kappa shape index (κ2) is 9.94. The normalized spacial score (nSPS) is 15.5. The molecule has 1 aliphatic heterocycles. The number of hydrogen-bond donors (Lipinski definition) is 2. The van der Waals surface area contributed by atoms with Crippen molar-refractivity contribution in [3.05, 3.63) is 63.6 Å². The Morgan fingerprint density at radius 2 is 2.00 bits per heavy atom. The van der Waals surface area contributed by atoms with Gasteiger partial charge < -0.3 is 4.90 Å². The van der Waals surface area contributed by atoms with Crippen molar-refractivity contribution in [1.29, 1.82) is 0 Å². The Morgan fingerprint density at radius 3 is 2.79 bits per heavy atom. The quantitative estimate of drug-likeness (QED) is 0.337. The van der Waals surface area contributed by atoms with Gasteiger partial charge in [-0.05, 0) is 49.6 Å². The van der Waals surface area contributed by atoms with Crippen molar-refractivity contribution in [3.63, 3.8) is 0 Å². The Labute approximate surface area is 206 Å². The lowest BCUT2D eigenvalue weighted by molar-refractivity contribution is 0.102. The first kappa shape index (κ1) is 23.9. The van der Waals surface area contributed by atoms with Gasteiger partial charge in [-0.15, -0.1) is 10.2 Å².